The highest BCUT2D eigenvalue weighted by Gasteiger charge is 2.30. The third-order valence-electron chi connectivity index (χ3n) is 5.56. The molecule has 2 aromatic carbocycles. The Labute approximate surface area is 154 Å². The van der Waals surface area contributed by atoms with Crippen LogP contribution in [-0.4, -0.2) is 24.9 Å². The predicted molar refractivity (Wildman–Crippen MR) is 104 cm³/mol. The Morgan fingerprint density at radius 1 is 1.04 bits per heavy atom. The second-order valence-corrected chi connectivity index (χ2v) is 7.26. The summed E-state index contributed by atoms with van der Waals surface area (Å²) in [6.45, 7) is 3.04. The van der Waals surface area contributed by atoms with E-state index in [0.717, 1.165) is 36.2 Å². The third-order valence-corrected chi connectivity index (χ3v) is 5.56. The lowest BCUT2D eigenvalue weighted by Gasteiger charge is -2.31. The van der Waals surface area contributed by atoms with E-state index in [1.807, 2.05) is 47.4 Å². The first kappa shape index (κ1) is 16.8. The number of anilines is 2. The fourth-order valence-corrected chi connectivity index (χ4v) is 4.13. The Bertz CT molecular complexity index is 846. The smallest absolute Gasteiger partial charge is 0.247 e. The maximum atomic E-state index is 13.2. The molecule has 0 saturated heterocycles. The zero-order valence-electron chi connectivity index (χ0n) is 15.1. The lowest BCUT2D eigenvalue weighted by Crippen LogP contribution is -2.45. The van der Waals surface area contributed by atoms with Gasteiger partial charge in [0.15, 0.2) is 0 Å². The topological polar surface area (TPSA) is 40.6 Å². The zero-order chi connectivity index (χ0) is 18.1. The van der Waals surface area contributed by atoms with Gasteiger partial charge in [-0.15, -0.1) is 0 Å². The van der Waals surface area contributed by atoms with E-state index in [-0.39, 0.29) is 18.4 Å². The molecule has 2 aromatic rings. The van der Waals surface area contributed by atoms with Crippen LogP contribution in [0.15, 0.2) is 48.5 Å². The van der Waals surface area contributed by atoms with Crippen LogP contribution in [0.2, 0.25) is 0 Å². The SMILES string of the molecule is CC1CCCN(C(=O)CN2C(=O)CCc3ccccc32)c2ccccc21. The monoisotopic (exact) mass is 348 g/mol. The van der Waals surface area contributed by atoms with Crippen molar-refractivity contribution in [1.29, 1.82) is 0 Å². The van der Waals surface area contributed by atoms with Crippen molar-refractivity contribution < 1.29 is 9.59 Å². The number of carbonyl (C=O) groups is 2. The molecule has 0 saturated carbocycles. The first-order chi connectivity index (χ1) is 12.6. The third kappa shape index (κ3) is 3.00. The van der Waals surface area contributed by atoms with Gasteiger partial charge in [-0.3, -0.25) is 9.59 Å². The van der Waals surface area contributed by atoms with Crippen LogP contribution in [0.25, 0.3) is 0 Å². The fraction of sp³-hybridized carbons (Fsp3) is 0.364. The fourth-order valence-electron chi connectivity index (χ4n) is 4.13. The van der Waals surface area contributed by atoms with Gasteiger partial charge in [0.05, 0.1) is 0 Å². The summed E-state index contributed by atoms with van der Waals surface area (Å²) in [5.41, 5.74) is 4.25. The Morgan fingerprint density at radius 3 is 2.62 bits per heavy atom. The summed E-state index contributed by atoms with van der Waals surface area (Å²) in [7, 11) is 0. The molecule has 2 aliphatic heterocycles. The van der Waals surface area contributed by atoms with Gasteiger partial charge in [-0.1, -0.05) is 43.3 Å². The molecule has 0 radical (unpaired) electrons. The number of benzene rings is 2. The molecule has 4 rings (SSSR count). The van der Waals surface area contributed by atoms with Crippen LogP contribution in [-0.2, 0) is 16.0 Å². The van der Waals surface area contributed by atoms with Gasteiger partial charge in [-0.25, -0.2) is 0 Å². The van der Waals surface area contributed by atoms with E-state index in [2.05, 4.69) is 13.0 Å². The van der Waals surface area contributed by atoms with Gasteiger partial charge in [-0.2, -0.15) is 0 Å². The molecule has 0 N–H and O–H groups in total. The second-order valence-electron chi connectivity index (χ2n) is 7.26. The number of fused-ring (bicyclic) bond motifs is 2. The number of carbonyl (C=O) groups excluding carboxylic acids is 2. The average Bonchev–Trinajstić information content (AvgIpc) is 2.83. The van der Waals surface area contributed by atoms with Crippen LogP contribution >= 0.6 is 0 Å². The van der Waals surface area contributed by atoms with E-state index in [4.69, 9.17) is 0 Å². The van der Waals surface area contributed by atoms with E-state index in [1.54, 1.807) is 4.90 Å². The van der Waals surface area contributed by atoms with Crippen LogP contribution < -0.4 is 9.80 Å². The molecule has 2 aliphatic rings. The van der Waals surface area contributed by atoms with E-state index < -0.39 is 0 Å². The minimum absolute atomic E-state index is 0.00315. The van der Waals surface area contributed by atoms with Gasteiger partial charge in [0.2, 0.25) is 11.8 Å². The van der Waals surface area contributed by atoms with Gasteiger partial charge in [0.1, 0.15) is 6.54 Å². The van der Waals surface area contributed by atoms with Crippen LogP contribution in [0, 0.1) is 0 Å². The number of hydrogen-bond acceptors (Lipinski definition) is 2. The van der Waals surface area contributed by atoms with Crippen molar-refractivity contribution in [2.24, 2.45) is 0 Å². The molecular weight excluding hydrogens is 324 g/mol. The summed E-state index contributed by atoms with van der Waals surface area (Å²) in [5.74, 6) is 0.478. The Morgan fingerprint density at radius 2 is 1.77 bits per heavy atom. The predicted octanol–water partition coefficient (Wildman–Crippen LogP) is 3.90. The minimum atomic E-state index is -0.00315. The zero-order valence-corrected chi connectivity index (χ0v) is 15.1. The van der Waals surface area contributed by atoms with Crippen molar-refractivity contribution in [3.8, 4) is 0 Å². The molecule has 4 heteroatoms. The first-order valence-electron chi connectivity index (χ1n) is 9.42. The first-order valence-corrected chi connectivity index (χ1v) is 9.42. The number of aryl methyl sites for hydroxylation is 1. The van der Waals surface area contributed by atoms with Gasteiger partial charge in [0.25, 0.3) is 0 Å². The molecule has 0 bridgehead atoms. The second kappa shape index (κ2) is 6.94. The van der Waals surface area contributed by atoms with Crippen molar-refractivity contribution in [2.75, 3.05) is 22.9 Å². The van der Waals surface area contributed by atoms with Crippen LogP contribution in [0.4, 0.5) is 11.4 Å². The summed E-state index contributed by atoms with van der Waals surface area (Å²) < 4.78 is 0. The molecule has 0 aromatic heterocycles. The molecule has 1 atom stereocenters. The number of rotatable bonds is 2. The molecular formula is C22H24N2O2. The maximum absolute atomic E-state index is 13.2. The minimum Gasteiger partial charge on any atom is -0.311 e. The highest BCUT2D eigenvalue weighted by molar-refractivity contribution is 6.05. The molecule has 134 valence electrons. The lowest BCUT2D eigenvalue weighted by atomic mass is 9.96. The number of para-hydroxylation sites is 2. The molecule has 4 nitrogen and oxygen atoms in total. The van der Waals surface area contributed by atoms with Crippen molar-refractivity contribution in [3.05, 3.63) is 59.7 Å². The van der Waals surface area contributed by atoms with Crippen molar-refractivity contribution >= 4 is 23.2 Å². The Balaban J connectivity index is 1.63. The Hall–Kier alpha value is -2.62. The number of hydrogen-bond donors (Lipinski definition) is 0. The normalized spacial score (nSPS) is 19.6. The van der Waals surface area contributed by atoms with E-state index in [9.17, 15) is 9.59 Å². The molecule has 0 spiro atoms. The van der Waals surface area contributed by atoms with E-state index >= 15 is 0 Å². The largest absolute Gasteiger partial charge is 0.311 e. The molecule has 1 unspecified atom stereocenters. The molecule has 26 heavy (non-hydrogen) atoms. The van der Waals surface area contributed by atoms with Gasteiger partial charge < -0.3 is 9.80 Å². The lowest BCUT2D eigenvalue weighted by molar-refractivity contribution is -0.122. The van der Waals surface area contributed by atoms with Crippen molar-refractivity contribution in [3.63, 3.8) is 0 Å². The Kier molecular flexibility index (Phi) is 4.49. The van der Waals surface area contributed by atoms with Gasteiger partial charge >= 0.3 is 0 Å². The van der Waals surface area contributed by atoms with Crippen LogP contribution in [0.1, 0.15) is 43.2 Å². The highest BCUT2D eigenvalue weighted by Crippen LogP contribution is 2.34. The maximum Gasteiger partial charge on any atom is 0.247 e. The molecule has 2 amide bonds. The van der Waals surface area contributed by atoms with Gasteiger partial charge in [0, 0.05) is 24.3 Å². The number of nitrogens with zero attached hydrogens (tertiary/aromatic N) is 2. The standard InChI is InChI=1S/C22H24N2O2/c1-16-7-6-14-23(20-11-5-3-9-18(16)20)22(26)15-24-19-10-4-2-8-17(19)12-13-21(24)25/h2-5,8-11,16H,6-7,12-15H2,1H3. The van der Waals surface area contributed by atoms with Crippen LogP contribution in [0.3, 0.4) is 0 Å². The summed E-state index contributed by atoms with van der Waals surface area (Å²) in [6, 6.07) is 16.1. The summed E-state index contributed by atoms with van der Waals surface area (Å²) in [6.07, 6.45) is 3.28. The summed E-state index contributed by atoms with van der Waals surface area (Å²) in [5, 5.41) is 0. The number of amides is 2. The quantitative estimate of drug-likeness (QED) is 0.826. The van der Waals surface area contributed by atoms with Gasteiger partial charge in [-0.05, 0) is 48.4 Å². The summed E-state index contributed by atoms with van der Waals surface area (Å²) in [4.78, 5) is 29.2. The van der Waals surface area contributed by atoms with Crippen molar-refractivity contribution in [2.45, 2.75) is 38.5 Å². The van der Waals surface area contributed by atoms with E-state index in [0.29, 0.717) is 18.9 Å². The highest BCUT2D eigenvalue weighted by atomic mass is 16.2. The van der Waals surface area contributed by atoms with Crippen LogP contribution in [0.5, 0.6) is 0 Å². The summed E-state index contributed by atoms with van der Waals surface area (Å²) >= 11 is 0. The average molecular weight is 348 g/mol. The molecule has 0 fully saturated rings. The van der Waals surface area contributed by atoms with E-state index in [1.165, 1.54) is 5.56 Å². The molecule has 2 heterocycles. The molecule has 0 aliphatic carbocycles. The van der Waals surface area contributed by atoms with Crippen molar-refractivity contribution in [1.82, 2.24) is 0 Å².